The predicted molar refractivity (Wildman–Crippen MR) is 123 cm³/mol. The van der Waals surface area contributed by atoms with E-state index in [9.17, 15) is 0 Å². The molecule has 3 aromatic rings. The molecule has 7 nitrogen and oxygen atoms in total. The molecule has 3 rings (SSSR count). The summed E-state index contributed by atoms with van der Waals surface area (Å²) in [5.41, 5.74) is 4.41. The molecule has 2 aromatic heterocycles. The van der Waals surface area contributed by atoms with E-state index in [1.165, 1.54) is 5.56 Å². The predicted octanol–water partition coefficient (Wildman–Crippen LogP) is 3.44. The minimum atomic E-state index is 0.676. The van der Waals surface area contributed by atoms with Gasteiger partial charge in [-0.05, 0) is 56.5 Å². The summed E-state index contributed by atoms with van der Waals surface area (Å²) in [4.78, 5) is 8.60. The first-order valence-corrected chi connectivity index (χ1v) is 10.4. The first-order chi connectivity index (χ1) is 14.7. The van der Waals surface area contributed by atoms with Gasteiger partial charge in [0.2, 0.25) is 0 Å². The SMILES string of the molecule is CN=C(NCCCCNc1ccccn1)NCc1ccccc1-n1nc(C)cc1C. The zero-order valence-electron chi connectivity index (χ0n) is 18.0. The third kappa shape index (κ3) is 6.07. The molecule has 30 heavy (non-hydrogen) atoms. The van der Waals surface area contributed by atoms with Crippen molar-refractivity contribution < 1.29 is 0 Å². The lowest BCUT2D eigenvalue weighted by atomic mass is 10.1. The minimum Gasteiger partial charge on any atom is -0.370 e. The summed E-state index contributed by atoms with van der Waals surface area (Å²) in [6.45, 7) is 6.54. The number of aryl methyl sites for hydroxylation is 2. The van der Waals surface area contributed by atoms with Crippen molar-refractivity contribution in [2.24, 2.45) is 4.99 Å². The second-order valence-electron chi connectivity index (χ2n) is 7.17. The maximum atomic E-state index is 4.62. The van der Waals surface area contributed by atoms with Crippen molar-refractivity contribution in [3.63, 3.8) is 0 Å². The molecule has 0 radical (unpaired) electrons. The number of hydrogen-bond donors (Lipinski definition) is 3. The summed E-state index contributed by atoms with van der Waals surface area (Å²) in [7, 11) is 1.80. The zero-order chi connectivity index (χ0) is 21.2. The molecule has 1 aromatic carbocycles. The normalized spacial score (nSPS) is 11.4. The molecule has 0 fully saturated rings. The fraction of sp³-hybridized carbons (Fsp3) is 0.348. The summed E-state index contributed by atoms with van der Waals surface area (Å²) in [5.74, 6) is 1.72. The second kappa shape index (κ2) is 11.0. The van der Waals surface area contributed by atoms with Gasteiger partial charge in [0.1, 0.15) is 5.82 Å². The van der Waals surface area contributed by atoms with Crippen LogP contribution in [0, 0.1) is 13.8 Å². The monoisotopic (exact) mass is 405 g/mol. The number of rotatable bonds is 9. The molecular formula is C23H31N7. The molecule has 0 amide bonds. The molecule has 0 saturated heterocycles. The van der Waals surface area contributed by atoms with E-state index in [1.807, 2.05) is 35.9 Å². The van der Waals surface area contributed by atoms with E-state index in [0.29, 0.717) is 6.54 Å². The van der Waals surface area contributed by atoms with Crippen LogP contribution in [0.1, 0.15) is 29.8 Å². The fourth-order valence-electron chi connectivity index (χ4n) is 3.28. The van der Waals surface area contributed by atoms with Crippen LogP contribution in [0.4, 0.5) is 5.82 Å². The lowest BCUT2D eigenvalue weighted by molar-refractivity contribution is 0.709. The van der Waals surface area contributed by atoms with Gasteiger partial charge in [0.15, 0.2) is 5.96 Å². The number of hydrogen-bond acceptors (Lipinski definition) is 4. The van der Waals surface area contributed by atoms with Gasteiger partial charge in [-0.25, -0.2) is 9.67 Å². The largest absolute Gasteiger partial charge is 0.370 e. The summed E-state index contributed by atoms with van der Waals surface area (Å²) in [5, 5.41) is 14.7. The van der Waals surface area contributed by atoms with Crippen molar-refractivity contribution in [2.45, 2.75) is 33.2 Å². The molecule has 2 heterocycles. The molecule has 0 aliphatic carbocycles. The Morgan fingerprint density at radius 2 is 1.80 bits per heavy atom. The highest BCUT2D eigenvalue weighted by Crippen LogP contribution is 2.16. The van der Waals surface area contributed by atoms with Gasteiger partial charge in [0.25, 0.3) is 0 Å². The Hall–Kier alpha value is -3.35. The molecular weight excluding hydrogens is 374 g/mol. The van der Waals surface area contributed by atoms with Crippen LogP contribution in [0.15, 0.2) is 59.7 Å². The quantitative estimate of drug-likeness (QED) is 0.289. The van der Waals surface area contributed by atoms with Crippen molar-refractivity contribution in [1.82, 2.24) is 25.4 Å². The van der Waals surface area contributed by atoms with E-state index >= 15 is 0 Å². The van der Waals surface area contributed by atoms with Gasteiger partial charge < -0.3 is 16.0 Å². The lowest BCUT2D eigenvalue weighted by Gasteiger charge is -2.15. The Bertz CT molecular complexity index is 947. The van der Waals surface area contributed by atoms with E-state index in [2.05, 4.69) is 62.2 Å². The van der Waals surface area contributed by atoms with Crippen LogP contribution in [-0.4, -0.2) is 40.9 Å². The average Bonchev–Trinajstić information content (AvgIpc) is 3.11. The smallest absolute Gasteiger partial charge is 0.191 e. The highest BCUT2D eigenvalue weighted by atomic mass is 15.3. The van der Waals surface area contributed by atoms with Crippen molar-refractivity contribution in [2.75, 3.05) is 25.5 Å². The summed E-state index contributed by atoms with van der Waals surface area (Å²) >= 11 is 0. The Morgan fingerprint density at radius 3 is 2.53 bits per heavy atom. The lowest BCUT2D eigenvalue weighted by Crippen LogP contribution is -2.37. The van der Waals surface area contributed by atoms with E-state index in [4.69, 9.17) is 0 Å². The van der Waals surface area contributed by atoms with Crippen LogP contribution >= 0.6 is 0 Å². The zero-order valence-corrected chi connectivity index (χ0v) is 18.0. The van der Waals surface area contributed by atoms with Crippen LogP contribution in [0.3, 0.4) is 0 Å². The third-order valence-corrected chi connectivity index (χ3v) is 4.77. The van der Waals surface area contributed by atoms with Gasteiger partial charge >= 0.3 is 0 Å². The number of guanidine groups is 1. The summed E-state index contributed by atoms with van der Waals surface area (Å²) in [6.07, 6.45) is 3.90. The number of unbranched alkanes of at least 4 members (excludes halogenated alkanes) is 1. The second-order valence-corrected chi connectivity index (χ2v) is 7.17. The number of aromatic nitrogens is 3. The topological polar surface area (TPSA) is 79.2 Å². The van der Waals surface area contributed by atoms with Gasteiger partial charge in [-0.15, -0.1) is 0 Å². The third-order valence-electron chi connectivity index (χ3n) is 4.77. The van der Waals surface area contributed by atoms with Crippen molar-refractivity contribution in [3.8, 4) is 5.69 Å². The Morgan fingerprint density at radius 1 is 1.00 bits per heavy atom. The van der Waals surface area contributed by atoms with E-state index in [0.717, 1.165) is 54.8 Å². The van der Waals surface area contributed by atoms with Crippen LogP contribution < -0.4 is 16.0 Å². The summed E-state index contributed by atoms with van der Waals surface area (Å²) in [6, 6.07) is 16.3. The van der Waals surface area contributed by atoms with Crippen molar-refractivity contribution in [1.29, 1.82) is 0 Å². The number of nitrogens with one attached hydrogen (secondary N) is 3. The van der Waals surface area contributed by atoms with Crippen molar-refractivity contribution >= 4 is 11.8 Å². The Labute approximate surface area is 178 Å². The number of anilines is 1. The number of para-hydroxylation sites is 1. The Balaban J connectivity index is 1.44. The van der Waals surface area contributed by atoms with Gasteiger partial charge in [-0.2, -0.15) is 5.10 Å². The molecule has 0 unspecified atom stereocenters. The van der Waals surface area contributed by atoms with Crippen LogP contribution in [-0.2, 0) is 6.54 Å². The average molecular weight is 406 g/mol. The van der Waals surface area contributed by atoms with Gasteiger partial charge in [0, 0.05) is 38.6 Å². The fourth-order valence-corrected chi connectivity index (χ4v) is 3.28. The van der Waals surface area contributed by atoms with Crippen molar-refractivity contribution in [3.05, 3.63) is 71.7 Å². The van der Waals surface area contributed by atoms with E-state index in [-0.39, 0.29) is 0 Å². The van der Waals surface area contributed by atoms with Gasteiger partial charge in [-0.3, -0.25) is 4.99 Å². The maximum Gasteiger partial charge on any atom is 0.191 e. The summed E-state index contributed by atoms with van der Waals surface area (Å²) < 4.78 is 2.00. The number of aliphatic imine (C=N–C) groups is 1. The molecule has 7 heteroatoms. The highest BCUT2D eigenvalue weighted by Gasteiger charge is 2.09. The van der Waals surface area contributed by atoms with Gasteiger partial charge in [0.05, 0.1) is 11.4 Å². The van der Waals surface area contributed by atoms with Crippen LogP contribution in [0.25, 0.3) is 5.69 Å². The first-order valence-electron chi connectivity index (χ1n) is 10.4. The van der Waals surface area contributed by atoms with E-state index in [1.54, 1.807) is 13.2 Å². The number of benzene rings is 1. The van der Waals surface area contributed by atoms with Crippen LogP contribution in [0.5, 0.6) is 0 Å². The minimum absolute atomic E-state index is 0.676. The van der Waals surface area contributed by atoms with E-state index < -0.39 is 0 Å². The first kappa shape index (κ1) is 21.4. The molecule has 0 bridgehead atoms. The molecule has 0 saturated carbocycles. The molecule has 3 N–H and O–H groups in total. The molecule has 0 aliphatic rings. The number of nitrogens with zero attached hydrogens (tertiary/aromatic N) is 4. The molecule has 158 valence electrons. The Kier molecular flexibility index (Phi) is 7.83. The van der Waals surface area contributed by atoms with Crippen LogP contribution in [0.2, 0.25) is 0 Å². The molecule has 0 spiro atoms. The maximum absolute atomic E-state index is 4.62. The standard InChI is InChI=1S/C23H31N7/c1-18-16-19(2)30(29-18)21-11-5-4-10-20(21)17-28-23(24-3)27-15-9-8-14-26-22-12-6-7-13-25-22/h4-7,10-13,16H,8-9,14-15,17H2,1-3H3,(H,25,26)(H2,24,27,28). The van der Waals surface area contributed by atoms with Gasteiger partial charge in [-0.1, -0.05) is 24.3 Å². The number of pyridine rings is 1. The molecule has 0 aliphatic heterocycles. The molecule has 0 atom stereocenters. The highest BCUT2D eigenvalue weighted by molar-refractivity contribution is 5.79.